The summed E-state index contributed by atoms with van der Waals surface area (Å²) in [5.74, 6) is 0.602. The summed E-state index contributed by atoms with van der Waals surface area (Å²) in [4.78, 5) is 11.9. The maximum Gasteiger partial charge on any atom is 0.277 e. The molecule has 0 N–H and O–H groups in total. The highest BCUT2D eigenvalue weighted by molar-refractivity contribution is 5.93. The monoisotopic (exact) mass is 332 g/mol. The number of hydrogen-bond donors (Lipinski definition) is 0. The zero-order valence-electron chi connectivity index (χ0n) is 13.6. The lowest BCUT2D eigenvalue weighted by molar-refractivity contribution is -0.135. The second kappa shape index (κ2) is 6.28. The minimum Gasteiger partial charge on any atom is -0.459 e. The van der Waals surface area contributed by atoms with Crippen molar-refractivity contribution in [1.82, 2.24) is 5.01 Å². The molecule has 5 nitrogen and oxygen atoms in total. The van der Waals surface area contributed by atoms with Crippen molar-refractivity contribution in [1.29, 1.82) is 0 Å². The van der Waals surface area contributed by atoms with Crippen molar-refractivity contribution in [2.45, 2.75) is 13.2 Å². The summed E-state index contributed by atoms with van der Waals surface area (Å²) < 4.78 is 11.2. The number of amides is 1. The van der Waals surface area contributed by atoms with Gasteiger partial charge in [0, 0.05) is 12.5 Å². The van der Waals surface area contributed by atoms with Crippen molar-refractivity contribution in [3.8, 4) is 11.1 Å². The van der Waals surface area contributed by atoms with Crippen LogP contribution in [0, 0.1) is 0 Å². The van der Waals surface area contributed by atoms with Crippen LogP contribution in [0.2, 0.25) is 0 Å². The molecule has 5 heteroatoms. The third-order valence-electron chi connectivity index (χ3n) is 4.00. The Kier molecular flexibility index (Phi) is 3.82. The number of benzene rings is 2. The third kappa shape index (κ3) is 2.92. The molecule has 1 aromatic heterocycles. The molecule has 3 aromatic rings. The predicted octanol–water partition coefficient (Wildman–Crippen LogP) is 4.19. The van der Waals surface area contributed by atoms with Gasteiger partial charge in [0.1, 0.15) is 0 Å². The average Bonchev–Trinajstić information content (AvgIpc) is 3.32. The first-order valence-corrected chi connectivity index (χ1v) is 7.97. The van der Waals surface area contributed by atoms with E-state index in [2.05, 4.69) is 17.2 Å². The van der Waals surface area contributed by atoms with Crippen molar-refractivity contribution >= 4 is 11.8 Å². The van der Waals surface area contributed by atoms with Crippen molar-refractivity contribution < 1.29 is 13.9 Å². The van der Waals surface area contributed by atoms with Crippen LogP contribution in [0.3, 0.4) is 0 Å². The van der Waals surface area contributed by atoms with Crippen molar-refractivity contribution in [3.63, 3.8) is 0 Å². The summed E-state index contributed by atoms with van der Waals surface area (Å²) >= 11 is 0. The Hall–Kier alpha value is -3.34. The molecule has 0 unspecified atom stereocenters. The number of ether oxygens (including phenoxy) is 1. The van der Waals surface area contributed by atoms with E-state index >= 15 is 0 Å². The third-order valence-corrected chi connectivity index (χ3v) is 4.00. The molecule has 0 spiro atoms. The predicted molar refractivity (Wildman–Crippen MR) is 93.5 cm³/mol. The van der Waals surface area contributed by atoms with E-state index in [-0.39, 0.29) is 5.91 Å². The van der Waals surface area contributed by atoms with E-state index in [1.807, 2.05) is 42.5 Å². The summed E-state index contributed by atoms with van der Waals surface area (Å²) in [6, 6.07) is 21.5. The molecule has 1 atom stereocenters. The second-order valence-corrected chi connectivity index (χ2v) is 5.70. The zero-order valence-corrected chi connectivity index (χ0v) is 13.6. The first-order valence-electron chi connectivity index (χ1n) is 7.97. The Morgan fingerprint density at radius 3 is 2.32 bits per heavy atom. The van der Waals surface area contributed by atoms with Crippen LogP contribution >= 0.6 is 0 Å². The number of furan rings is 1. The van der Waals surface area contributed by atoms with Gasteiger partial charge in [0.05, 0.1) is 6.26 Å². The second-order valence-electron chi connectivity index (χ2n) is 5.70. The Morgan fingerprint density at radius 2 is 1.68 bits per heavy atom. The standard InChI is InChI=1S/C20H16N2O3/c1-14(23)22-20(25-19(21-22)18-8-5-13-24-18)17-11-9-16(10-12-17)15-6-3-2-4-7-15/h2-13,20H,1H3/t20-/m1/s1. The van der Waals surface area contributed by atoms with Crippen LogP contribution < -0.4 is 0 Å². The molecule has 0 fully saturated rings. The van der Waals surface area contributed by atoms with Crippen LogP contribution in [0.15, 0.2) is 82.5 Å². The number of hydrazone groups is 1. The normalized spacial score (nSPS) is 16.4. The fourth-order valence-electron chi connectivity index (χ4n) is 2.75. The number of carbonyl (C=O) groups excluding carboxylic acids is 1. The molecule has 0 bridgehead atoms. The molecule has 2 heterocycles. The molecule has 0 aliphatic carbocycles. The lowest BCUT2D eigenvalue weighted by Crippen LogP contribution is -2.25. The van der Waals surface area contributed by atoms with Gasteiger partial charge in [-0.1, -0.05) is 54.6 Å². The van der Waals surface area contributed by atoms with E-state index in [4.69, 9.17) is 9.15 Å². The smallest absolute Gasteiger partial charge is 0.277 e. The summed E-state index contributed by atoms with van der Waals surface area (Å²) in [5.41, 5.74) is 3.08. The van der Waals surface area contributed by atoms with E-state index in [0.717, 1.165) is 16.7 Å². The summed E-state index contributed by atoms with van der Waals surface area (Å²) in [6.45, 7) is 1.46. The average molecular weight is 332 g/mol. The molecular formula is C20H16N2O3. The largest absolute Gasteiger partial charge is 0.459 e. The molecule has 25 heavy (non-hydrogen) atoms. The number of nitrogens with zero attached hydrogens (tertiary/aromatic N) is 2. The van der Waals surface area contributed by atoms with Crippen LogP contribution in [0.25, 0.3) is 11.1 Å². The highest BCUT2D eigenvalue weighted by Crippen LogP contribution is 2.31. The molecule has 4 rings (SSSR count). The van der Waals surface area contributed by atoms with Crippen LogP contribution in [-0.4, -0.2) is 16.8 Å². The van der Waals surface area contributed by atoms with E-state index in [9.17, 15) is 4.79 Å². The van der Waals surface area contributed by atoms with Gasteiger partial charge in [-0.15, -0.1) is 5.10 Å². The zero-order chi connectivity index (χ0) is 17.2. The van der Waals surface area contributed by atoms with Crippen molar-refractivity contribution in [2.75, 3.05) is 0 Å². The van der Waals surface area contributed by atoms with Gasteiger partial charge in [-0.2, -0.15) is 5.01 Å². The van der Waals surface area contributed by atoms with E-state index in [1.54, 1.807) is 18.4 Å². The van der Waals surface area contributed by atoms with Gasteiger partial charge in [0.2, 0.25) is 12.1 Å². The van der Waals surface area contributed by atoms with E-state index < -0.39 is 6.23 Å². The molecule has 1 aliphatic heterocycles. The van der Waals surface area contributed by atoms with Crippen LogP contribution in [0.4, 0.5) is 0 Å². The topological polar surface area (TPSA) is 55.0 Å². The van der Waals surface area contributed by atoms with Gasteiger partial charge in [-0.3, -0.25) is 4.79 Å². The number of rotatable bonds is 3. The Bertz CT molecular complexity index is 900. The number of hydrogen-bond acceptors (Lipinski definition) is 4. The molecule has 0 saturated carbocycles. The van der Waals surface area contributed by atoms with Gasteiger partial charge in [0.25, 0.3) is 5.90 Å². The van der Waals surface area contributed by atoms with Crippen LogP contribution in [0.5, 0.6) is 0 Å². The van der Waals surface area contributed by atoms with Gasteiger partial charge in [-0.25, -0.2) is 0 Å². The lowest BCUT2D eigenvalue weighted by atomic mass is 10.0. The SMILES string of the molecule is CC(=O)N1N=C(c2ccco2)O[C@@H]1c1ccc(-c2ccccc2)cc1. The van der Waals surface area contributed by atoms with E-state index in [1.165, 1.54) is 11.9 Å². The lowest BCUT2D eigenvalue weighted by Gasteiger charge is -2.19. The minimum absolute atomic E-state index is 0.196. The summed E-state index contributed by atoms with van der Waals surface area (Å²) in [6.07, 6.45) is 0.948. The molecule has 0 radical (unpaired) electrons. The maximum atomic E-state index is 11.9. The minimum atomic E-state index is -0.595. The quantitative estimate of drug-likeness (QED) is 0.723. The van der Waals surface area contributed by atoms with E-state index in [0.29, 0.717) is 11.7 Å². The Labute approximate surface area is 145 Å². The summed E-state index contributed by atoms with van der Waals surface area (Å²) in [5, 5.41) is 5.58. The maximum absolute atomic E-state index is 11.9. The van der Waals surface area contributed by atoms with Crippen LogP contribution in [-0.2, 0) is 9.53 Å². The molecule has 124 valence electrons. The fraction of sp³-hybridized carbons (Fsp3) is 0.100. The fourth-order valence-corrected chi connectivity index (χ4v) is 2.75. The first kappa shape index (κ1) is 15.2. The van der Waals surface area contributed by atoms with Gasteiger partial charge >= 0.3 is 0 Å². The highest BCUT2D eigenvalue weighted by Gasteiger charge is 2.34. The van der Waals surface area contributed by atoms with Gasteiger partial charge in [-0.05, 0) is 23.3 Å². The number of carbonyl (C=O) groups is 1. The molecule has 0 saturated heterocycles. The molecule has 2 aromatic carbocycles. The Balaban J connectivity index is 1.62. The highest BCUT2D eigenvalue weighted by atomic mass is 16.5. The molecule has 1 aliphatic rings. The van der Waals surface area contributed by atoms with Crippen LogP contribution in [0.1, 0.15) is 24.5 Å². The molecular weight excluding hydrogens is 316 g/mol. The van der Waals surface area contributed by atoms with Crippen molar-refractivity contribution in [2.24, 2.45) is 5.10 Å². The van der Waals surface area contributed by atoms with Gasteiger partial charge in [0.15, 0.2) is 5.76 Å². The van der Waals surface area contributed by atoms with Crippen molar-refractivity contribution in [3.05, 3.63) is 84.3 Å². The first-order chi connectivity index (χ1) is 12.2. The Morgan fingerprint density at radius 1 is 0.960 bits per heavy atom. The van der Waals surface area contributed by atoms with Gasteiger partial charge < -0.3 is 9.15 Å². The summed E-state index contributed by atoms with van der Waals surface area (Å²) in [7, 11) is 0. The molecule has 1 amide bonds.